The summed E-state index contributed by atoms with van der Waals surface area (Å²) >= 11 is 4.15. The van der Waals surface area contributed by atoms with E-state index in [2.05, 4.69) is 23.3 Å². The fourth-order valence-electron chi connectivity index (χ4n) is 2.84. The van der Waals surface area contributed by atoms with Gasteiger partial charge < -0.3 is 26.4 Å². The maximum Gasteiger partial charge on any atom is 0.325 e. The van der Waals surface area contributed by atoms with Crippen molar-refractivity contribution in [3.8, 4) is 0 Å². The number of carboxylic acid groups (broad SMARTS) is 1. The summed E-state index contributed by atoms with van der Waals surface area (Å²) in [7, 11) is 0. The van der Waals surface area contributed by atoms with E-state index < -0.39 is 47.9 Å². The molecule has 0 aromatic heterocycles. The first-order valence-electron chi connectivity index (χ1n) is 9.14. The molecule has 1 saturated heterocycles. The molecule has 27 heavy (non-hydrogen) atoms. The van der Waals surface area contributed by atoms with Crippen molar-refractivity contribution in [2.75, 3.05) is 12.3 Å². The number of hydrogen-bond acceptors (Lipinski definition) is 6. The summed E-state index contributed by atoms with van der Waals surface area (Å²) < 4.78 is 0. The van der Waals surface area contributed by atoms with E-state index in [0.717, 1.165) is 6.42 Å². The van der Waals surface area contributed by atoms with Gasteiger partial charge in [-0.2, -0.15) is 12.6 Å². The van der Waals surface area contributed by atoms with Crippen LogP contribution in [0.3, 0.4) is 0 Å². The van der Waals surface area contributed by atoms with Gasteiger partial charge in [0.1, 0.15) is 18.1 Å². The Morgan fingerprint density at radius 3 is 2.41 bits per heavy atom. The predicted molar refractivity (Wildman–Crippen MR) is 103 cm³/mol. The second-order valence-corrected chi connectivity index (χ2v) is 7.28. The molecule has 5 N–H and O–H groups in total. The summed E-state index contributed by atoms with van der Waals surface area (Å²) in [6.45, 7) is 5.49. The fraction of sp³-hybridized carbons (Fsp3) is 0.765. The van der Waals surface area contributed by atoms with E-state index >= 15 is 0 Å². The number of aliphatic carboxylic acids is 1. The van der Waals surface area contributed by atoms with E-state index in [4.69, 9.17) is 10.8 Å². The third-order valence-corrected chi connectivity index (χ3v) is 5.29. The van der Waals surface area contributed by atoms with Crippen molar-refractivity contribution in [3.05, 3.63) is 0 Å². The maximum atomic E-state index is 12.8. The summed E-state index contributed by atoms with van der Waals surface area (Å²) in [5, 5.41) is 13.9. The monoisotopic (exact) mass is 402 g/mol. The van der Waals surface area contributed by atoms with Gasteiger partial charge in [-0.15, -0.1) is 0 Å². The van der Waals surface area contributed by atoms with E-state index in [-0.39, 0.29) is 11.7 Å². The first kappa shape index (κ1) is 23.2. The van der Waals surface area contributed by atoms with Gasteiger partial charge in [0.15, 0.2) is 0 Å². The Morgan fingerprint density at radius 1 is 1.26 bits per heavy atom. The first-order chi connectivity index (χ1) is 12.6. The predicted octanol–water partition coefficient (Wildman–Crippen LogP) is -0.645. The number of carbonyl (C=O) groups excluding carboxylic acids is 3. The lowest BCUT2D eigenvalue weighted by Gasteiger charge is -2.29. The number of carbonyl (C=O) groups is 4. The molecule has 0 radical (unpaired) electrons. The van der Waals surface area contributed by atoms with Gasteiger partial charge in [0.2, 0.25) is 17.7 Å². The molecule has 9 nitrogen and oxygen atoms in total. The maximum absolute atomic E-state index is 12.8. The zero-order chi connectivity index (χ0) is 20.7. The Balaban J connectivity index is 2.79. The molecular weight excluding hydrogens is 372 g/mol. The highest BCUT2D eigenvalue weighted by molar-refractivity contribution is 7.80. The topological polar surface area (TPSA) is 142 Å². The lowest BCUT2D eigenvalue weighted by Crippen LogP contribution is -2.57. The van der Waals surface area contributed by atoms with Gasteiger partial charge in [0, 0.05) is 12.3 Å². The lowest BCUT2D eigenvalue weighted by molar-refractivity contribution is -0.144. The molecule has 1 aliphatic rings. The normalized spacial score (nSPS) is 21.1. The molecule has 0 aromatic rings. The SMILES string of the molecule is CCC(C)C(N)C(=O)NC(CS)C(=O)N1CCCC1C(=O)NC(C)C(=O)O. The Labute approximate surface area is 164 Å². The zero-order valence-electron chi connectivity index (χ0n) is 16.0. The molecule has 0 bridgehead atoms. The summed E-state index contributed by atoms with van der Waals surface area (Å²) in [6.07, 6.45) is 1.78. The van der Waals surface area contributed by atoms with E-state index in [1.54, 1.807) is 0 Å². The van der Waals surface area contributed by atoms with E-state index in [9.17, 15) is 19.2 Å². The molecule has 1 aliphatic heterocycles. The van der Waals surface area contributed by atoms with Crippen LogP contribution in [0, 0.1) is 5.92 Å². The number of amides is 3. The number of carboxylic acids is 1. The molecule has 1 rings (SSSR count). The third kappa shape index (κ3) is 6.10. The van der Waals surface area contributed by atoms with Crippen molar-refractivity contribution in [3.63, 3.8) is 0 Å². The molecule has 5 atom stereocenters. The third-order valence-electron chi connectivity index (χ3n) is 4.92. The van der Waals surface area contributed by atoms with Crippen molar-refractivity contribution in [1.82, 2.24) is 15.5 Å². The first-order valence-corrected chi connectivity index (χ1v) is 9.77. The number of hydrogen-bond donors (Lipinski definition) is 5. The van der Waals surface area contributed by atoms with Gasteiger partial charge in [-0.05, 0) is 25.7 Å². The molecule has 10 heteroatoms. The molecule has 1 fully saturated rings. The van der Waals surface area contributed by atoms with E-state index in [1.807, 2.05) is 13.8 Å². The quantitative estimate of drug-likeness (QED) is 0.325. The van der Waals surface area contributed by atoms with Gasteiger partial charge in [0.25, 0.3) is 0 Å². The van der Waals surface area contributed by atoms with E-state index in [0.29, 0.717) is 19.4 Å². The summed E-state index contributed by atoms with van der Waals surface area (Å²) in [5.74, 6) is -2.50. The number of rotatable bonds is 9. The van der Waals surface area contributed by atoms with Crippen LogP contribution < -0.4 is 16.4 Å². The van der Waals surface area contributed by atoms with Crippen LogP contribution in [0.2, 0.25) is 0 Å². The van der Waals surface area contributed by atoms with Crippen molar-refractivity contribution in [2.24, 2.45) is 11.7 Å². The largest absolute Gasteiger partial charge is 0.480 e. The van der Waals surface area contributed by atoms with Crippen LogP contribution >= 0.6 is 12.6 Å². The number of nitrogens with zero attached hydrogens (tertiary/aromatic N) is 1. The molecule has 0 aromatic carbocycles. The molecule has 0 aliphatic carbocycles. The molecule has 3 amide bonds. The van der Waals surface area contributed by atoms with Crippen LogP contribution in [0.25, 0.3) is 0 Å². The molecule has 0 saturated carbocycles. The minimum Gasteiger partial charge on any atom is -0.480 e. The molecule has 0 spiro atoms. The van der Waals surface area contributed by atoms with Crippen molar-refractivity contribution >= 4 is 36.3 Å². The fourth-order valence-corrected chi connectivity index (χ4v) is 3.09. The highest BCUT2D eigenvalue weighted by atomic mass is 32.1. The van der Waals surface area contributed by atoms with Crippen molar-refractivity contribution in [1.29, 1.82) is 0 Å². The number of likely N-dealkylation sites (tertiary alicyclic amines) is 1. The molecule has 1 heterocycles. The highest BCUT2D eigenvalue weighted by Crippen LogP contribution is 2.19. The van der Waals surface area contributed by atoms with Crippen LogP contribution in [0.15, 0.2) is 0 Å². The minimum atomic E-state index is -1.15. The Bertz CT molecular complexity index is 574. The Kier molecular flexibility index (Phi) is 9.04. The van der Waals surface area contributed by atoms with Crippen LogP contribution in [-0.2, 0) is 19.2 Å². The average molecular weight is 403 g/mol. The summed E-state index contributed by atoms with van der Waals surface area (Å²) in [6, 6.07) is -3.45. The van der Waals surface area contributed by atoms with Gasteiger partial charge >= 0.3 is 5.97 Å². The van der Waals surface area contributed by atoms with Gasteiger partial charge in [-0.3, -0.25) is 19.2 Å². The smallest absolute Gasteiger partial charge is 0.325 e. The highest BCUT2D eigenvalue weighted by Gasteiger charge is 2.38. The van der Waals surface area contributed by atoms with Crippen LogP contribution in [0.1, 0.15) is 40.0 Å². The molecule has 5 unspecified atom stereocenters. The number of nitrogens with two attached hydrogens (primary N) is 1. The summed E-state index contributed by atoms with van der Waals surface area (Å²) in [5.41, 5.74) is 5.90. The average Bonchev–Trinajstić information content (AvgIpc) is 3.13. The van der Waals surface area contributed by atoms with Crippen molar-refractivity contribution < 1.29 is 24.3 Å². The number of thiol groups is 1. The lowest BCUT2D eigenvalue weighted by atomic mass is 9.99. The van der Waals surface area contributed by atoms with Gasteiger partial charge in [-0.25, -0.2) is 0 Å². The number of nitrogens with one attached hydrogen (secondary N) is 2. The van der Waals surface area contributed by atoms with Crippen LogP contribution in [0.5, 0.6) is 0 Å². The van der Waals surface area contributed by atoms with Gasteiger partial charge in [0.05, 0.1) is 6.04 Å². The summed E-state index contributed by atoms with van der Waals surface area (Å²) in [4.78, 5) is 49.8. The standard InChI is InChI=1S/C17H30N4O5S/c1-4-9(2)13(18)15(23)20-11(8-27)16(24)21-7-5-6-12(21)14(22)19-10(3)17(25)26/h9-13,27H,4-8,18H2,1-3H3,(H,19,22)(H,20,23)(H,25,26). The second-order valence-electron chi connectivity index (χ2n) is 6.91. The van der Waals surface area contributed by atoms with Crippen LogP contribution in [0.4, 0.5) is 0 Å². The Morgan fingerprint density at radius 2 is 1.89 bits per heavy atom. The second kappa shape index (κ2) is 10.5. The molecular formula is C17H30N4O5S. The van der Waals surface area contributed by atoms with Crippen molar-refractivity contribution in [2.45, 2.75) is 64.2 Å². The van der Waals surface area contributed by atoms with E-state index in [1.165, 1.54) is 11.8 Å². The zero-order valence-corrected chi connectivity index (χ0v) is 16.9. The Hall–Kier alpha value is -1.81. The molecule has 154 valence electrons. The minimum absolute atomic E-state index is 0.0384. The van der Waals surface area contributed by atoms with Crippen LogP contribution in [-0.4, -0.2) is 70.2 Å². The van der Waals surface area contributed by atoms with Gasteiger partial charge in [-0.1, -0.05) is 20.3 Å².